The fraction of sp³-hybridized carbons (Fsp3) is 0.455. The van der Waals surface area contributed by atoms with E-state index in [1.54, 1.807) is 6.07 Å². The van der Waals surface area contributed by atoms with Crippen molar-refractivity contribution >= 4 is 0 Å². The van der Waals surface area contributed by atoms with Crippen molar-refractivity contribution in [1.82, 2.24) is 0 Å². The Morgan fingerprint density at radius 3 is 2.00 bits per heavy atom. The Hall–Kier alpha value is -1.10. The van der Waals surface area contributed by atoms with Crippen molar-refractivity contribution in [3.05, 3.63) is 35.9 Å². The summed E-state index contributed by atoms with van der Waals surface area (Å²) in [6, 6.07) is 6.85. The molecule has 1 saturated carbocycles. The summed E-state index contributed by atoms with van der Waals surface area (Å²) in [4.78, 5) is 0. The van der Waals surface area contributed by atoms with E-state index in [1.165, 1.54) is 24.3 Å². The fourth-order valence-corrected chi connectivity index (χ4v) is 2.03. The molecule has 1 aliphatic carbocycles. The van der Waals surface area contributed by atoms with Gasteiger partial charge in [0.25, 0.3) is 11.8 Å². The zero-order valence-corrected chi connectivity index (χ0v) is 8.39. The monoisotopic (exact) mass is 233 g/mol. The maximum Gasteiger partial charge on any atom is 0.291 e. The molecule has 0 bridgehead atoms. The van der Waals surface area contributed by atoms with Crippen LogP contribution in [0.4, 0.5) is 17.6 Å². The largest absolute Gasteiger partial charge is 0.319 e. The summed E-state index contributed by atoms with van der Waals surface area (Å²) in [6.45, 7) is 0. The summed E-state index contributed by atoms with van der Waals surface area (Å²) in [6.07, 6.45) is -1.94. The molecule has 2 N–H and O–H groups in total. The molecule has 0 amide bonds. The SMILES string of the molecule is NC1(C(F)(F)c2ccccc2)CC(F)(F)C1. The van der Waals surface area contributed by atoms with Crippen molar-refractivity contribution in [1.29, 1.82) is 0 Å². The van der Waals surface area contributed by atoms with Gasteiger partial charge < -0.3 is 5.73 Å². The summed E-state index contributed by atoms with van der Waals surface area (Å²) in [5.74, 6) is -6.48. The van der Waals surface area contributed by atoms with E-state index in [9.17, 15) is 17.6 Å². The number of hydrogen-bond donors (Lipinski definition) is 1. The Kier molecular flexibility index (Phi) is 2.28. The zero-order valence-electron chi connectivity index (χ0n) is 8.39. The summed E-state index contributed by atoms with van der Waals surface area (Å²) in [7, 11) is 0. The minimum atomic E-state index is -3.42. The first-order chi connectivity index (χ1) is 7.27. The molecule has 0 spiro atoms. The fourth-order valence-electron chi connectivity index (χ4n) is 2.03. The molecule has 88 valence electrons. The number of rotatable bonds is 2. The molecule has 1 aromatic rings. The second kappa shape index (κ2) is 3.20. The molecule has 16 heavy (non-hydrogen) atoms. The Morgan fingerprint density at radius 2 is 1.56 bits per heavy atom. The quantitative estimate of drug-likeness (QED) is 0.781. The van der Waals surface area contributed by atoms with Gasteiger partial charge in [0, 0.05) is 18.4 Å². The number of benzene rings is 1. The van der Waals surface area contributed by atoms with Gasteiger partial charge in [0.1, 0.15) is 0 Å². The van der Waals surface area contributed by atoms with Crippen LogP contribution < -0.4 is 5.73 Å². The van der Waals surface area contributed by atoms with Crippen molar-refractivity contribution in [3.8, 4) is 0 Å². The maximum absolute atomic E-state index is 13.9. The van der Waals surface area contributed by atoms with Gasteiger partial charge in [-0.3, -0.25) is 0 Å². The molecule has 1 aromatic carbocycles. The van der Waals surface area contributed by atoms with Crippen LogP contribution in [0.25, 0.3) is 0 Å². The van der Waals surface area contributed by atoms with Crippen molar-refractivity contribution < 1.29 is 17.6 Å². The first kappa shape index (κ1) is 11.4. The highest BCUT2D eigenvalue weighted by Crippen LogP contribution is 2.54. The van der Waals surface area contributed by atoms with E-state index in [0.29, 0.717) is 0 Å². The lowest BCUT2D eigenvalue weighted by molar-refractivity contribution is -0.212. The second-order valence-corrected chi connectivity index (χ2v) is 4.31. The topological polar surface area (TPSA) is 26.0 Å². The zero-order chi connectivity index (χ0) is 12.0. The third kappa shape index (κ3) is 1.59. The van der Waals surface area contributed by atoms with Crippen LogP contribution >= 0.6 is 0 Å². The van der Waals surface area contributed by atoms with Gasteiger partial charge in [0.15, 0.2) is 0 Å². The predicted molar refractivity (Wildman–Crippen MR) is 51.4 cm³/mol. The highest BCUT2D eigenvalue weighted by molar-refractivity contribution is 5.27. The molecule has 0 radical (unpaired) electrons. The molecule has 5 heteroatoms. The average molecular weight is 233 g/mol. The van der Waals surface area contributed by atoms with Crippen molar-refractivity contribution in [2.45, 2.75) is 30.2 Å². The van der Waals surface area contributed by atoms with E-state index < -0.39 is 30.2 Å². The summed E-state index contributed by atoms with van der Waals surface area (Å²) in [5.41, 5.74) is 2.92. The molecular formula is C11H11F4N. The smallest absolute Gasteiger partial charge is 0.291 e. The van der Waals surface area contributed by atoms with Crippen LogP contribution in [0.1, 0.15) is 18.4 Å². The molecule has 1 nitrogen and oxygen atoms in total. The highest BCUT2D eigenvalue weighted by Gasteiger charge is 2.66. The summed E-state index contributed by atoms with van der Waals surface area (Å²) >= 11 is 0. The molecular weight excluding hydrogens is 222 g/mol. The van der Waals surface area contributed by atoms with Crippen LogP contribution in [0.3, 0.4) is 0 Å². The normalized spacial score (nSPS) is 22.6. The molecule has 0 atom stereocenters. The minimum absolute atomic E-state index is 0.312. The summed E-state index contributed by atoms with van der Waals surface area (Å²) in [5, 5.41) is 0. The molecule has 1 aliphatic rings. The van der Waals surface area contributed by atoms with Gasteiger partial charge >= 0.3 is 0 Å². The average Bonchev–Trinajstić information content (AvgIpc) is 2.16. The van der Waals surface area contributed by atoms with E-state index in [-0.39, 0.29) is 5.56 Å². The number of alkyl halides is 4. The minimum Gasteiger partial charge on any atom is -0.319 e. The first-order valence-corrected chi connectivity index (χ1v) is 4.87. The van der Waals surface area contributed by atoms with Crippen LogP contribution in [-0.2, 0) is 5.92 Å². The second-order valence-electron chi connectivity index (χ2n) is 4.31. The highest BCUT2D eigenvalue weighted by atomic mass is 19.3. The van der Waals surface area contributed by atoms with E-state index in [1.807, 2.05) is 0 Å². The Balaban J connectivity index is 2.27. The van der Waals surface area contributed by atoms with E-state index >= 15 is 0 Å². The number of hydrogen-bond acceptors (Lipinski definition) is 1. The van der Waals surface area contributed by atoms with Crippen LogP contribution in [0.15, 0.2) is 30.3 Å². The molecule has 0 aromatic heterocycles. The lowest BCUT2D eigenvalue weighted by atomic mass is 9.68. The van der Waals surface area contributed by atoms with Gasteiger partial charge in [-0.1, -0.05) is 30.3 Å². The third-order valence-electron chi connectivity index (χ3n) is 2.91. The van der Waals surface area contributed by atoms with E-state index in [2.05, 4.69) is 0 Å². The molecule has 1 fully saturated rings. The van der Waals surface area contributed by atoms with Gasteiger partial charge in [-0.15, -0.1) is 0 Å². The first-order valence-electron chi connectivity index (χ1n) is 4.87. The van der Waals surface area contributed by atoms with Gasteiger partial charge in [0.2, 0.25) is 0 Å². The number of nitrogens with two attached hydrogens (primary N) is 1. The maximum atomic E-state index is 13.9. The van der Waals surface area contributed by atoms with Crippen LogP contribution in [0.2, 0.25) is 0 Å². The van der Waals surface area contributed by atoms with Crippen molar-refractivity contribution in [2.75, 3.05) is 0 Å². The van der Waals surface area contributed by atoms with E-state index in [4.69, 9.17) is 5.73 Å². The van der Waals surface area contributed by atoms with E-state index in [0.717, 1.165) is 0 Å². The van der Waals surface area contributed by atoms with Gasteiger partial charge in [0.05, 0.1) is 5.54 Å². The number of halogens is 4. The van der Waals surface area contributed by atoms with Crippen LogP contribution in [0, 0.1) is 0 Å². The Bertz CT molecular complexity index is 380. The Labute approximate surface area is 90.3 Å². The van der Waals surface area contributed by atoms with Crippen molar-refractivity contribution in [3.63, 3.8) is 0 Å². The lowest BCUT2D eigenvalue weighted by Crippen LogP contribution is -2.66. The van der Waals surface area contributed by atoms with Crippen molar-refractivity contribution in [2.24, 2.45) is 5.73 Å². The van der Waals surface area contributed by atoms with Gasteiger partial charge in [-0.2, -0.15) is 8.78 Å². The lowest BCUT2D eigenvalue weighted by Gasteiger charge is -2.48. The molecule has 0 saturated heterocycles. The predicted octanol–water partition coefficient (Wildman–Crippen LogP) is 2.91. The molecule has 0 aliphatic heterocycles. The Morgan fingerprint density at radius 1 is 1.06 bits per heavy atom. The molecule has 0 unspecified atom stereocenters. The summed E-state index contributed by atoms with van der Waals surface area (Å²) < 4.78 is 53.1. The molecule has 0 heterocycles. The third-order valence-corrected chi connectivity index (χ3v) is 2.91. The van der Waals surface area contributed by atoms with Crippen LogP contribution in [0.5, 0.6) is 0 Å². The van der Waals surface area contributed by atoms with Crippen LogP contribution in [-0.4, -0.2) is 11.5 Å². The van der Waals surface area contributed by atoms with Gasteiger partial charge in [-0.05, 0) is 0 Å². The molecule has 2 rings (SSSR count). The van der Waals surface area contributed by atoms with Gasteiger partial charge in [-0.25, -0.2) is 8.78 Å². The standard InChI is InChI=1S/C11H11F4N/c12-10(13)6-9(16,7-10)11(14,15)8-4-2-1-3-5-8/h1-5H,6-7,16H2.